The Morgan fingerprint density at radius 2 is 1.07 bits per heavy atom. The molecule has 5 heteroatoms. The largest absolute Gasteiger partial charge is 0.344 e. The highest BCUT2D eigenvalue weighted by Crippen LogP contribution is 2.33. The molecule has 0 aliphatic carbocycles. The Labute approximate surface area is 181 Å². The summed E-state index contributed by atoms with van der Waals surface area (Å²) in [4.78, 5) is 0. The van der Waals surface area contributed by atoms with Crippen molar-refractivity contribution in [2.45, 2.75) is 77.3 Å². The lowest BCUT2D eigenvalue weighted by molar-refractivity contribution is -0.123. The fourth-order valence-corrected chi connectivity index (χ4v) is 2.55. The molecule has 0 spiro atoms. The Morgan fingerprint density at radius 1 is 0.704 bits per heavy atom. The molecule has 0 fully saturated rings. The van der Waals surface area contributed by atoms with Crippen LogP contribution < -0.4 is 0 Å². The summed E-state index contributed by atoms with van der Waals surface area (Å²) in [5.41, 5.74) is 5.14. The first-order chi connectivity index (χ1) is 12.5. The zero-order chi connectivity index (χ0) is 20.9. The Hall–Kier alpha value is -0.250. The third kappa shape index (κ3) is 16.4. The normalized spacial score (nSPS) is 14.1. The average molecular weight is 438 g/mol. The predicted octanol–water partition coefficient (Wildman–Crippen LogP) is 8.10. The molecular weight excluding hydrogens is 403 g/mol. The van der Waals surface area contributed by atoms with E-state index in [4.69, 9.17) is 44.3 Å². The molecule has 0 rings (SSSR count). The van der Waals surface area contributed by atoms with Crippen molar-refractivity contribution >= 4 is 34.8 Å². The topological polar surface area (TPSA) is 18.5 Å². The van der Waals surface area contributed by atoms with Crippen molar-refractivity contribution in [1.29, 1.82) is 0 Å². The highest BCUT2D eigenvalue weighted by Gasteiger charge is 2.34. The lowest BCUT2D eigenvalue weighted by Crippen LogP contribution is -2.32. The van der Waals surface area contributed by atoms with E-state index in [9.17, 15) is 0 Å². The minimum Gasteiger partial charge on any atom is -0.344 e. The smallest absolute Gasteiger partial charge is 0.240 e. The van der Waals surface area contributed by atoms with Crippen molar-refractivity contribution in [2.24, 2.45) is 0 Å². The van der Waals surface area contributed by atoms with Crippen LogP contribution in [0.1, 0.15) is 67.2 Å². The number of hydrogen-bond donors (Lipinski definition) is 0. The van der Waals surface area contributed by atoms with Gasteiger partial charge in [0.2, 0.25) is 10.1 Å². The highest BCUT2D eigenvalue weighted by atomic mass is 35.6. The predicted molar refractivity (Wildman–Crippen MR) is 121 cm³/mol. The molecule has 0 radical (unpaired) electrons. The number of halogens is 3. The van der Waals surface area contributed by atoms with Crippen LogP contribution in [0.2, 0.25) is 0 Å². The SMILES string of the molecule is CC(C)=CCC/C(C)=C/COC(OC/C=C(\C)CCC=C(C)C)C(Cl)(Cl)Cl. The van der Waals surface area contributed by atoms with Crippen molar-refractivity contribution in [3.63, 3.8) is 0 Å². The number of hydrogen-bond acceptors (Lipinski definition) is 2. The highest BCUT2D eigenvalue weighted by molar-refractivity contribution is 6.67. The third-order valence-corrected chi connectivity index (χ3v) is 4.34. The fourth-order valence-electron chi connectivity index (χ4n) is 2.17. The van der Waals surface area contributed by atoms with Gasteiger partial charge in [0.25, 0.3) is 0 Å². The van der Waals surface area contributed by atoms with Crippen LogP contribution in [0, 0.1) is 0 Å². The van der Waals surface area contributed by atoms with Gasteiger partial charge in [-0.05, 0) is 67.2 Å². The average Bonchev–Trinajstić information content (AvgIpc) is 2.51. The van der Waals surface area contributed by atoms with Crippen LogP contribution in [0.4, 0.5) is 0 Å². The molecular formula is C22H35Cl3O2. The molecule has 0 bridgehead atoms. The van der Waals surface area contributed by atoms with E-state index in [-0.39, 0.29) is 0 Å². The van der Waals surface area contributed by atoms with Gasteiger partial charge in [-0.25, -0.2) is 0 Å². The van der Waals surface area contributed by atoms with Crippen LogP contribution in [-0.4, -0.2) is 23.3 Å². The van der Waals surface area contributed by atoms with E-state index in [1.807, 2.05) is 12.2 Å². The molecule has 0 aliphatic heterocycles. The van der Waals surface area contributed by atoms with Gasteiger partial charge in [0.1, 0.15) is 0 Å². The van der Waals surface area contributed by atoms with Gasteiger partial charge >= 0.3 is 0 Å². The van der Waals surface area contributed by atoms with Crippen LogP contribution in [0.15, 0.2) is 46.6 Å². The Bertz CT molecular complexity index is 490. The number of ether oxygens (including phenoxy) is 2. The number of allylic oxidation sites excluding steroid dienone is 6. The molecule has 27 heavy (non-hydrogen) atoms. The monoisotopic (exact) mass is 436 g/mol. The van der Waals surface area contributed by atoms with Gasteiger partial charge in [-0.15, -0.1) is 0 Å². The lowest BCUT2D eigenvalue weighted by Gasteiger charge is -2.24. The Balaban J connectivity index is 4.44. The summed E-state index contributed by atoms with van der Waals surface area (Å²) in [7, 11) is 0. The van der Waals surface area contributed by atoms with E-state index >= 15 is 0 Å². The van der Waals surface area contributed by atoms with Crippen LogP contribution in [0.3, 0.4) is 0 Å². The first-order valence-electron chi connectivity index (χ1n) is 9.40. The summed E-state index contributed by atoms with van der Waals surface area (Å²) in [6.07, 6.45) is 11.6. The molecule has 0 aromatic heterocycles. The van der Waals surface area contributed by atoms with Crippen molar-refractivity contribution in [1.82, 2.24) is 0 Å². The minimum absolute atomic E-state index is 0.350. The maximum atomic E-state index is 5.99. The lowest BCUT2D eigenvalue weighted by atomic mass is 10.1. The van der Waals surface area contributed by atoms with Crippen LogP contribution >= 0.6 is 34.8 Å². The molecule has 0 aromatic carbocycles. The molecule has 0 atom stereocenters. The molecule has 156 valence electrons. The first-order valence-corrected chi connectivity index (χ1v) is 10.5. The summed E-state index contributed by atoms with van der Waals surface area (Å²) in [5, 5.41) is 0. The summed E-state index contributed by atoms with van der Waals surface area (Å²) in [6, 6.07) is 0. The second kappa shape index (κ2) is 14.7. The van der Waals surface area contributed by atoms with E-state index in [1.165, 1.54) is 22.3 Å². The van der Waals surface area contributed by atoms with Gasteiger partial charge in [0, 0.05) is 0 Å². The zero-order valence-corrected chi connectivity index (χ0v) is 19.8. The standard InChI is InChI=1S/C22H35Cl3O2/c1-17(2)9-7-11-19(5)13-15-26-21(22(23,24)25)27-16-14-20(6)12-8-10-18(3)4/h9-10,13-14,21H,7-8,11-12,15-16H2,1-6H3/b19-13+,20-14+. The van der Waals surface area contributed by atoms with E-state index in [1.54, 1.807) is 0 Å². The van der Waals surface area contributed by atoms with Gasteiger partial charge < -0.3 is 9.47 Å². The van der Waals surface area contributed by atoms with Crippen molar-refractivity contribution in [3.8, 4) is 0 Å². The van der Waals surface area contributed by atoms with Crippen molar-refractivity contribution in [2.75, 3.05) is 13.2 Å². The van der Waals surface area contributed by atoms with E-state index in [2.05, 4.69) is 53.7 Å². The summed E-state index contributed by atoms with van der Waals surface area (Å²) in [5.74, 6) is 0. The van der Waals surface area contributed by atoms with Crippen molar-refractivity contribution < 1.29 is 9.47 Å². The van der Waals surface area contributed by atoms with Gasteiger partial charge in [0.15, 0.2) is 0 Å². The van der Waals surface area contributed by atoms with Gasteiger partial charge in [-0.3, -0.25) is 0 Å². The molecule has 0 N–H and O–H groups in total. The van der Waals surface area contributed by atoms with Crippen LogP contribution in [0.25, 0.3) is 0 Å². The summed E-state index contributed by atoms with van der Waals surface area (Å²) < 4.78 is 9.67. The second-order valence-corrected chi connectivity index (χ2v) is 9.65. The Morgan fingerprint density at radius 3 is 1.37 bits per heavy atom. The van der Waals surface area contributed by atoms with Crippen LogP contribution in [-0.2, 0) is 9.47 Å². The fraction of sp³-hybridized carbons (Fsp3) is 0.636. The molecule has 0 aromatic rings. The van der Waals surface area contributed by atoms with Gasteiger partial charge in [0.05, 0.1) is 13.2 Å². The quantitative estimate of drug-likeness (QED) is 0.174. The molecule has 0 amide bonds. The summed E-state index contributed by atoms with van der Waals surface area (Å²) in [6.45, 7) is 13.3. The van der Waals surface area contributed by atoms with Crippen molar-refractivity contribution in [3.05, 3.63) is 46.6 Å². The third-order valence-electron chi connectivity index (χ3n) is 3.81. The van der Waals surface area contributed by atoms with Gasteiger partial charge in [-0.2, -0.15) is 0 Å². The molecule has 0 aliphatic rings. The summed E-state index contributed by atoms with van der Waals surface area (Å²) >= 11 is 18.0. The maximum Gasteiger partial charge on any atom is 0.240 e. The first kappa shape index (κ1) is 26.8. The second-order valence-electron chi connectivity index (χ2n) is 7.28. The molecule has 0 heterocycles. The zero-order valence-electron chi connectivity index (χ0n) is 17.6. The maximum absolute atomic E-state index is 5.99. The molecule has 0 unspecified atom stereocenters. The molecule has 0 saturated heterocycles. The van der Waals surface area contributed by atoms with E-state index < -0.39 is 10.1 Å². The molecule has 2 nitrogen and oxygen atoms in total. The Kier molecular flexibility index (Phi) is 14.6. The van der Waals surface area contributed by atoms with E-state index in [0.29, 0.717) is 13.2 Å². The number of alkyl halides is 3. The minimum atomic E-state index is -1.63. The molecule has 0 saturated carbocycles. The van der Waals surface area contributed by atoms with Gasteiger partial charge in [-0.1, -0.05) is 81.4 Å². The van der Waals surface area contributed by atoms with Crippen LogP contribution in [0.5, 0.6) is 0 Å². The number of rotatable bonds is 12. The van der Waals surface area contributed by atoms with E-state index in [0.717, 1.165) is 25.7 Å².